The van der Waals surface area contributed by atoms with Gasteiger partial charge in [-0.1, -0.05) is 36.4 Å². The maximum atomic E-state index is 12.1. The normalized spacial score (nSPS) is 10.6. The lowest BCUT2D eigenvalue weighted by Gasteiger charge is -2.08. The second kappa shape index (κ2) is 7.69. The summed E-state index contributed by atoms with van der Waals surface area (Å²) in [7, 11) is 0. The third-order valence-electron chi connectivity index (χ3n) is 3.47. The zero-order valence-electron chi connectivity index (χ0n) is 12.7. The van der Waals surface area contributed by atoms with Crippen molar-refractivity contribution in [3.05, 3.63) is 64.6 Å². The summed E-state index contributed by atoms with van der Waals surface area (Å²) in [6.07, 6.45) is 3.88. The summed E-state index contributed by atoms with van der Waals surface area (Å²) in [5.74, 6) is 0.471. The van der Waals surface area contributed by atoms with Gasteiger partial charge in [-0.2, -0.15) is 0 Å². The van der Waals surface area contributed by atoms with Crippen molar-refractivity contribution in [1.82, 2.24) is 14.8 Å². The lowest BCUT2D eigenvalue weighted by Crippen LogP contribution is -2.16. The molecule has 1 N–H and O–H groups in total. The molecule has 0 bridgehead atoms. The molecule has 6 heteroatoms. The molecule has 1 aromatic carbocycles. The van der Waals surface area contributed by atoms with E-state index in [2.05, 4.69) is 27.0 Å². The van der Waals surface area contributed by atoms with E-state index in [1.165, 1.54) is 4.88 Å². The van der Waals surface area contributed by atoms with Gasteiger partial charge in [0.15, 0.2) is 0 Å². The number of carbonyl (C=O) groups is 1. The van der Waals surface area contributed by atoms with Crippen molar-refractivity contribution < 1.29 is 4.79 Å². The molecule has 3 aromatic rings. The largest absolute Gasteiger partial charge is 0.295 e. The first-order valence-corrected chi connectivity index (χ1v) is 8.43. The smallest absolute Gasteiger partial charge is 0.231 e. The summed E-state index contributed by atoms with van der Waals surface area (Å²) in [6.45, 7) is 0.638. The predicted molar refractivity (Wildman–Crippen MR) is 91.5 cm³/mol. The van der Waals surface area contributed by atoms with Crippen LogP contribution in [0.3, 0.4) is 0 Å². The number of anilines is 1. The van der Waals surface area contributed by atoms with Crippen molar-refractivity contribution in [2.75, 3.05) is 5.32 Å². The monoisotopic (exact) mass is 326 g/mol. The lowest BCUT2D eigenvalue weighted by molar-refractivity contribution is -0.116. The van der Waals surface area contributed by atoms with Gasteiger partial charge in [0.1, 0.15) is 6.33 Å². The van der Waals surface area contributed by atoms with Crippen molar-refractivity contribution in [2.24, 2.45) is 0 Å². The van der Waals surface area contributed by atoms with E-state index in [0.717, 1.165) is 18.4 Å². The molecule has 0 saturated carbocycles. The molecule has 0 saturated heterocycles. The number of amides is 1. The number of hydrogen-bond acceptors (Lipinski definition) is 4. The molecule has 0 spiro atoms. The van der Waals surface area contributed by atoms with E-state index in [-0.39, 0.29) is 5.91 Å². The lowest BCUT2D eigenvalue weighted by atomic mass is 10.2. The van der Waals surface area contributed by atoms with Crippen LogP contribution in [-0.2, 0) is 17.8 Å². The van der Waals surface area contributed by atoms with Crippen LogP contribution in [0.2, 0.25) is 0 Å². The molecule has 0 atom stereocenters. The molecule has 0 unspecified atom stereocenters. The number of aromatic nitrogens is 3. The Bertz CT molecular complexity index is 737. The fraction of sp³-hybridized carbons (Fsp3) is 0.235. The van der Waals surface area contributed by atoms with Crippen LogP contribution in [0.4, 0.5) is 5.95 Å². The minimum atomic E-state index is -0.0242. The molecule has 5 nitrogen and oxygen atoms in total. The molecule has 23 heavy (non-hydrogen) atoms. The highest BCUT2D eigenvalue weighted by atomic mass is 32.1. The molecular formula is C17H18N4OS. The standard InChI is InChI=1S/C17H18N4OS/c22-16(10-4-8-15-9-5-11-23-15)19-17-20-18-13-21(17)12-14-6-2-1-3-7-14/h1-3,5-7,9,11,13H,4,8,10,12H2,(H,19,20,22). The average molecular weight is 326 g/mol. The van der Waals surface area contributed by atoms with Crippen molar-refractivity contribution >= 4 is 23.2 Å². The molecule has 2 heterocycles. The summed E-state index contributed by atoms with van der Waals surface area (Å²) in [6, 6.07) is 14.2. The number of hydrogen-bond donors (Lipinski definition) is 1. The maximum Gasteiger partial charge on any atom is 0.231 e. The van der Waals surface area contributed by atoms with Crippen LogP contribution in [-0.4, -0.2) is 20.7 Å². The molecule has 118 valence electrons. The Hall–Kier alpha value is -2.47. The van der Waals surface area contributed by atoms with Crippen LogP contribution in [0.1, 0.15) is 23.3 Å². The fourth-order valence-corrected chi connectivity index (χ4v) is 3.06. The maximum absolute atomic E-state index is 12.1. The fourth-order valence-electron chi connectivity index (χ4n) is 2.31. The minimum absolute atomic E-state index is 0.0242. The van der Waals surface area contributed by atoms with Crippen LogP contribution in [0.5, 0.6) is 0 Å². The van der Waals surface area contributed by atoms with E-state index in [4.69, 9.17) is 0 Å². The average Bonchev–Trinajstić information content (AvgIpc) is 3.21. The second-order valence-corrected chi connectivity index (χ2v) is 6.28. The van der Waals surface area contributed by atoms with E-state index in [1.54, 1.807) is 17.7 Å². The number of carbonyl (C=O) groups excluding carboxylic acids is 1. The number of thiophene rings is 1. The Balaban J connectivity index is 1.51. The zero-order valence-corrected chi connectivity index (χ0v) is 13.5. The van der Waals surface area contributed by atoms with Crippen molar-refractivity contribution in [3.8, 4) is 0 Å². The van der Waals surface area contributed by atoms with Crippen LogP contribution in [0.25, 0.3) is 0 Å². The first kappa shape index (κ1) is 15.4. The number of nitrogens with one attached hydrogen (secondary N) is 1. The van der Waals surface area contributed by atoms with Gasteiger partial charge in [0.2, 0.25) is 11.9 Å². The summed E-state index contributed by atoms with van der Waals surface area (Å²) in [5.41, 5.74) is 1.14. The van der Waals surface area contributed by atoms with Gasteiger partial charge in [0.05, 0.1) is 6.54 Å². The Kier molecular flexibility index (Phi) is 5.16. The summed E-state index contributed by atoms with van der Waals surface area (Å²) in [5, 5.41) is 12.8. The van der Waals surface area contributed by atoms with E-state index in [9.17, 15) is 4.79 Å². The molecule has 3 rings (SSSR count). The highest BCUT2D eigenvalue weighted by molar-refractivity contribution is 7.09. The molecule has 0 aliphatic carbocycles. The number of benzene rings is 1. The van der Waals surface area contributed by atoms with Crippen LogP contribution >= 0.6 is 11.3 Å². The van der Waals surface area contributed by atoms with Crippen LogP contribution in [0.15, 0.2) is 54.2 Å². The molecule has 0 fully saturated rings. The third kappa shape index (κ3) is 4.50. The second-order valence-electron chi connectivity index (χ2n) is 5.25. The SMILES string of the molecule is O=C(CCCc1cccs1)Nc1nncn1Cc1ccccc1. The molecule has 0 radical (unpaired) electrons. The van der Waals surface area contributed by atoms with E-state index < -0.39 is 0 Å². The van der Waals surface area contributed by atoms with Gasteiger partial charge < -0.3 is 0 Å². The zero-order chi connectivity index (χ0) is 15.9. The van der Waals surface area contributed by atoms with Crippen LogP contribution in [0, 0.1) is 0 Å². The predicted octanol–water partition coefficient (Wildman–Crippen LogP) is 3.35. The molecule has 0 aliphatic rings. The van der Waals surface area contributed by atoms with Gasteiger partial charge in [0, 0.05) is 11.3 Å². The first-order valence-electron chi connectivity index (χ1n) is 7.55. The van der Waals surface area contributed by atoms with Crippen molar-refractivity contribution in [2.45, 2.75) is 25.8 Å². The van der Waals surface area contributed by atoms with Gasteiger partial charge in [-0.3, -0.25) is 14.7 Å². The topological polar surface area (TPSA) is 59.8 Å². The van der Waals surface area contributed by atoms with Gasteiger partial charge in [0.25, 0.3) is 0 Å². The van der Waals surface area contributed by atoms with E-state index >= 15 is 0 Å². The molecular weight excluding hydrogens is 308 g/mol. The number of rotatable bonds is 7. The summed E-state index contributed by atoms with van der Waals surface area (Å²) >= 11 is 1.73. The number of aryl methyl sites for hydroxylation is 1. The Morgan fingerprint density at radius 1 is 1.17 bits per heavy atom. The highest BCUT2D eigenvalue weighted by Gasteiger charge is 2.09. The Morgan fingerprint density at radius 2 is 2.04 bits per heavy atom. The molecule has 0 aliphatic heterocycles. The highest BCUT2D eigenvalue weighted by Crippen LogP contribution is 2.13. The van der Waals surface area contributed by atoms with Gasteiger partial charge in [-0.05, 0) is 29.9 Å². The Morgan fingerprint density at radius 3 is 2.83 bits per heavy atom. The number of nitrogens with zero attached hydrogens (tertiary/aromatic N) is 3. The van der Waals surface area contributed by atoms with E-state index in [1.807, 2.05) is 41.0 Å². The molecule has 2 aromatic heterocycles. The van der Waals surface area contributed by atoms with Gasteiger partial charge in [-0.25, -0.2) is 0 Å². The Labute approximate surface area is 139 Å². The van der Waals surface area contributed by atoms with Gasteiger partial charge in [-0.15, -0.1) is 21.5 Å². The van der Waals surface area contributed by atoms with Crippen molar-refractivity contribution in [1.29, 1.82) is 0 Å². The third-order valence-corrected chi connectivity index (χ3v) is 4.41. The van der Waals surface area contributed by atoms with E-state index in [0.29, 0.717) is 18.9 Å². The first-order chi connectivity index (χ1) is 11.3. The minimum Gasteiger partial charge on any atom is -0.295 e. The summed E-state index contributed by atoms with van der Waals surface area (Å²) < 4.78 is 1.84. The molecule has 1 amide bonds. The summed E-state index contributed by atoms with van der Waals surface area (Å²) in [4.78, 5) is 13.4. The van der Waals surface area contributed by atoms with Crippen molar-refractivity contribution in [3.63, 3.8) is 0 Å². The van der Waals surface area contributed by atoms with Crippen LogP contribution < -0.4 is 5.32 Å². The quantitative estimate of drug-likeness (QED) is 0.724. The van der Waals surface area contributed by atoms with Gasteiger partial charge >= 0.3 is 0 Å².